The molecule has 0 radical (unpaired) electrons. The first-order valence-corrected chi connectivity index (χ1v) is 11.6. The highest BCUT2D eigenvalue weighted by atomic mass is 35.5. The first-order chi connectivity index (χ1) is 14.6. The van der Waals surface area contributed by atoms with Crippen molar-refractivity contribution in [3.63, 3.8) is 0 Å². The van der Waals surface area contributed by atoms with E-state index >= 15 is 0 Å². The smallest absolute Gasteiger partial charge is 0.281 e. The second-order valence-corrected chi connectivity index (χ2v) is 9.50. The van der Waals surface area contributed by atoms with Gasteiger partial charge < -0.3 is 10.1 Å². The van der Waals surface area contributed by atoms with Crippen LogP contribution in [0.1, 0.15) is 36.7 Å². The van der Waals surface area contributed by atoms with Gasteiger partial charge in [-0.3, -0.25) is 19.0 Å². The van der Waals surface area contributed by atoms with E-state index in [1.165, 1.54) is 15.7 Å². The Kier molecular flexibility index (Phi) is 7.36. The lowest BCUT2D eigenvalue weighted by atomic mass is 10.0. The van der Waals surface area contributed by atoms with E-state index in [1.54, 1.807) is 18.8 Å². The van der Waals surface area contributed by atoms with Crippen LogP contribution >= 0.6 is 23.4 Å². The van der Waals surface area contributed by atoms with Crippen LogP contribution in [0.5, 0.6) is 0 Å². The number of halogens is 1. The molecule has 168 valence electrons. The highest BCUT2D eigenvalue weighted by molar-refractivity contribution is 7.98. The summed E-state index contributed by atoms with van der Waals surface area (Å²) in [6.07, 6.45) is 2.49. The fraction of sp³-hybridized carbons (Fsp3) is 0.455. The number of rotatable bonds is 7. The zero-order valence-electron chi connectivity index (χ0n) is 18.5. The van der Waals surface area contributed by atoms with Gasteiger partial charge in [-0.05, 0) is 57.2 Å². The Hall–Kier alpha value is -2.00. The minimum Gasteiger partial charge on any atom is -0.373 e. The lowest BCUT2D eigenvalue weighted by Gasteiger charge is -2.30. The average molecular weight is 466 g/mol. The van der Waals surface area contributed by atoms with Gasteiger partial charge in [-0.25, -0.2) is 5.06 Å². The molecule has 0 bridgehead atoms. The van der Waals surface area contributed by atoms with E-state index in [0.29, 0.717) is 47.2 Å². The number of hydroxylamine groups is 2. The van der Waals surface area contributed by atoms with E-state index in [4.69, 9.17) is 21.2 Å². The molecule has 1 aliphatic rings. The lowest BCUT2D eigenvalue weighted by molar-refractivity contribution is -0.148. The van der Waals surface area contributed by atoms with Crippen LogP contribution in [0.4, 0.5) is 11.5 Å². The molecule has 0 unspecified atom stereocenters. The van der Waals surface area contributed by atoms with Crippen LogP contribution in [0.15, 0.2) is 34.0 Å². The standard InChI is InChI=1S/C22H28ClN3O4S/c1-22(2,3)29-10-11-30-26-9-8-14-12-18(27)25(4)20(19(14)21(26)28)24-17-7-6-15(31-5)13-16(17)23/h6-7,12-13,24H,8-11H2,1-5H3. The van der Waals surface area contributed by atoms with Gasteiger partial charge in [-0.15, -0.1) is 11.8 Å². The molecule has 1 aliphatic heterocycles. The van der Waals surface area contributed by atoms with Gasteiger partial charge in [0.1, 0.15) is 5.82 Å². The van der Waals surface area contributed by atoms with Gasteiger partial charge in [0.15, 0.2) is 0 Å². The van der Waals surface area contributed by atoms with Crippen LogP contribution in [0.2, 0.25) is 5.02 Å². The number of ether oxygens (including phenoxy) is 1. The maximum atomic E-state index is 13.2. The Labute approximate surface area is 191 Å². The van der Waals surface area contributed by atoms with Gasteiger partial charge in [0, 0.05) is 18.0 Å². The van der Waals surface area contributed by atoms with Crippen LogP contribution < -0.4 is 10.9 Å². The third-order valence-electron chi connectivity index (χ3n) is 4.84. The maximum Gasteiger partial charge on any atom is 0.281 e. The first kappa shape index (κ1) is 23.7. The normalized spacial score (nSPS) is 14.0. The molecule has 7 nitrogen and oxygen atoms in total. The number of nitrogens with one attached hydrogen (secondary N) is 1. The Morgan fingerprint density at radius 3 is 2.58 bits per heavy atom. The molecule has 0 saturated heterocycles. The summed E-state index contributed by atoms with van der Waals surface area (Å²) in [5, 5.41) is 5.04. The number of fused-ring (bicyclic) bond motifs is 1. The molecule has 1 N–H and O–H groups in total. The molecule has 1 amide bonds. The number of thioether (sulfide) groups is 1. The Bertz CT molecular complexity index is 1030. The number of amides is 1. The zero-order chi connectivity index (χ0) is 22.8. The summed E-state index contributed by atoms with van der Waals surface area (Å²) in [5.41, 5.74) is 1.25. The maximum absolute atomic E-state index is 13.2. The Morgan fingerprint density at radius 2 is 1.94 bits per heavy atom. The van der Waals surface area contributed by atoms with Crippen molar-refractivity contribution in [1.29, 1.82) is 0 Å². The molecule has 1 aromatic carbocycles. The van der Waals surface area contributed by atoms with Crippen LogP contribution in [0, 0.1) is 0 Å². The Morgan fingerprint density at radius 1 is 1.19 bits per heavy atom. The van der Waals surface area contributed by atoms with Crippen LogP contribution in [0.25, 0.3) is 0 Å². The van der Waals surface area contributed by atoms with E-state index in [2.05, 4.69) is 5.32 Å². The highest BCUT2D eigenvalue weighted by Crippen LogP contribution is 2.32. The summed E-state index contributed by atoms with van der Waals surface area (Å²) in [7, 11) is 1.62. The molecule has 9 heteroatoms. The van der Waals surface area contributed by atoms with E-state index in [0.717, 1.165) is 4.90 Å². The molecule has 0 aliphatic carbocycles. The van der Waals surface area contributed by atoms with Crippen molar-refractivity contribution in [2.45, 2.75) is 37.7 Å². The molecule has 0 saturated carbocycles. The number of pyridine rings is 1. The summed E-state index contributed by atoms with van der Waals surface area (Å²) in [6.45, 7) is 6.89. The third-order valence-corrected chi connectivity index (χ3v) is 5.88. The van der Waals surface area contributed by atoms with Crippen molar-refractivity contribution >= 4 is 40.8 Å². The topological polar surface area (TPSA) is 72.8 Å². The first-order valence-electron chi connectivity index (χ1n) is 10.0. The number of hydrogen-bond acceptors (Lipinski definition) is 6. The van der Waals surface area contributed by atoms with E-state index in [9.17, 15) is 9.59 Å². The number of carbonyl (C=O) groups excluding carboxylic acids is 1. The van der Waals surface area contributed by atoms with Crippen LogP contribution in [0.3, 0.4) is 0 Å². The number of benzene rings is 1. The highest BCUT2D eigenvalue weighted by Gasteiger charge is 2.30. The van der Waals surface area contributed by atoms with Crippen LogP contribution in [-0.4, -0.2) is 47.2 Å². The second-order valence-electron chi connectivity index (χ2n) is 8.21. The zero-order valence-corrected chi connectivity index (χ0v) is 20.0. The summed E-state index contributed by atoms with van der Waals surface area (Å²) in [6, 6.07) is 7.12. The average Bonchev–Trinajstić information content (AvgIpc) is 2.70. The van der Waals surface area contributed by atoms with Crippen LogP contribution in [-0.2, 0) is 23.0 Å². The van der Waals surface area contributed by atoms with Gasteiger partial charge in [0.2, 0.25) is 0 Å². The molecule has 0 spiro atoms. The quantitative estimate of drug-likeness (QED) is 0.487. The predicted octanol–water partition coefficient (Wildman–Crippen LogP) is 4.25. The lowest BCUT2D eigenvalue weighted by Crippen LogP contribution is -2.41. The summed E-state index contributed by atoms with van der Waals surface area (Å²) < 4.78 is 7.08. The molecular formula is C22H28ClN3O4S. The van der Waals surface area contributed by atoms with Crippen molar-refractivity contribution in [1.82, 2.24) is 9.63 Å². The van der Waals surface area contributed by atoms with E-state index < -0.39 is 0 Å². The fourth-order valence-corrected chi connectivity index (χ4v) is 3.98. The minimum absolute atomic E-state index is 0.196. The minimum atomic E-state index is -0.299. The molecular weight excluding hydrogens is 438 g/mol. The second kappa shape index (κ2) is 9.65. The van der Waals surface area contributed by atoms with Crippen molar-refractivity contribution in [2.75, 3.05) is 31.3 Å². The summed E-state index contributed by atoms with van der Waals surface area (Å²) >= 11 is 8.01. The molecule has 2 aromatic rings. The predicted molar refractivity (Wildman–Crippen MR) is 125 cm³/mol. The van der Waals surface area contributed by atoms with E-state index in [-0.39, 0.29) is 23.7 Å². The van der Waals surface area contributed by atoms with Crippen molar-refractivity contribution < 1.29 is 14.4 Å². The van der Waals surface area contributed by atoms with Gasteiger partial charge in [0.05, 0.1) is 41.6 Å². The molecule has 1 aromatic heterocycles. The van der Waals surface area contributed by atoms with Gasteiger partial charge in [-0.1, -0.05) is 11.6 Å². The van der Waals surface area contributed by atoms with Gasteiger partial charge in [-0.2, -0.15) is 0 Å². The Balaban J connectivity index is 1.87. The molecule has 3 rings (SSSR count). The third kappa shape index (κ3) is 5.63. The number of carbonyl (C=O) groups is 1. The summed E-state index contributed by atoms with van der Waals surface area (Å²) in [5.74, 6) is 0.0949. The van der Waals surface area contributed by atoms with Crippen molar-refractivity contribution in [2.24, 2.45) is 7.05 Å². The number of aromatic nitrogens is 1. The molecule has 0 atom stereocenters. The summed E-state index contributed by atoms with van der Waals surface area (Å²) in [4.78, 5) is 32.4. The van der Waals surface area contributed by atoms with E-state index in [1.807, 2.05) is 45.2 Å². The monoisotopic (exact) mass is 465 g/mol. The van der Waals surface area contributed by atoms with Gasteiger partial charge in [0.25, 0.3) is 11.5 Å². The number of hydrogen-bond donors (Lipinski definition) is 1. The fourth-order valence-electron chi connectivity index (χ4n) is 3.25. The van der Waals surface area contributed by atoms with Crippen molar-refractivity contribution in [3.05, 3.63) is 50.8 Å². The van der Waals surface area contributed by atoms with Gasteiger partial charge >= 0.3 is 0 Å². The van der Waals surface area contributed by atoms with Crippen molar-refractivity contribution in [3.8, 4) is 0 Å². The number of nitrogens with zero attached hydrogens (tertiary/aromatic N) is 2. The molecule has 2 heterocycles. The SMILES string of the molecule is CSc1ccc(Nc2c3c(cc(=O)n2C)CCN(OCCOC(C)(C)C)C3=O)c(Cl)c1. The number of anilines is 2. The molecule has 0 fully saturated rings. The largest absolute Gasteiger partial charge is 0.373 e. The molecule has 31 heavy (non-hydrogen) atoms.